The minimum atomic E-state index is 0.425. The van der Waals surface area contributed by atoms with Gasteiger partial charge < -0.3 is 0 Å². The summed E-state index contributed by atoms with van der Waals surface area (Å²) in [6.07, 6.45) is 10.5. The van der Waals surface area contributed by atoms with Crippen LogP contribution in [0.4, 0.5) is 5.82 Å². The van der Waals surface area contributed by atoms with Crippen LogP contribution in [0.1, 0.15) is 34.6 Å². The molecule has 0 saturated heterocycles. The van der Waals surface area contributed by atoms with Crippen molar-refractivity contribution in [3.05, 3.63) is 48.8 Å². The van der Waals surface area contributed by atoms with Gasteiger partial charge in [-0.1, -0.05) is 39.8 Å². The number of nitrogens with zero attached hydrogens (tertiary/aromatic N) is 2. The smallest absolute Gasteiger partial charge is 0.237 e. The highest BCUT2D eigenvalue weighted by molar-refractivity contribution is 5.43. The highest BCUT2D eigenvalue weighted by Crippen LogP contribution is 2.15. The first-order valence-electron chi connectivity index (χ1n) is 6.87. The van der Waals surface area contributed by atoms with Crippen LogP contribution in [-0.2, 0) is 7.05 Å². The minimum absolute atomic E-state index is 0.425. The summed E-state index contributed by atoms with van der Waals surface area (Å²) in [5.74, 6) is 1.21. The molecule has 0 unspecified atom stereocenters. The van der Waals surface area contributed by atoms with E-state index in [-0.39, 0.29) is 0 Å². The van der Waals surface area contributed by atoms with Gasteiger partial charge in [0.2, 0.25) is 0 Å². The van der Waals surface area contributed by atoms with Gasteiger partial charge >= 0.3 is 0 Å². The van der Waals surface area contributed by atoms with E-state index in [0.29, 0.717) is 6.04 Å². The molecule has 0 aromatic carbocycles. The van der Waals surface area contributed by atoms with Crippen molar-refractivity contribution >= 4 is 5.82 Å². The number of rotatable bonds is 1. The predicted octanol–water partition coefficient (Wildman–Crippen LogP) is 3.84. The lowest BCUT2D eigenvalue weighted by atomic mass is 10.2. The van der Waals surface area contributed by atoms with Gasteiger partial charge in [0.1, 0.15) is 6.04 Å². The van der Waals surface area contributed by atoms with Crippen LogP contribution in [0.3, 0.4) is 0 Å². The molecule has 2 rings (SSSR count). The summed E-state index contributed by atoms with van der Waals surface area (Å²) >= 11 is 0. The third-order valence-electron chi connectivity index (χ3n) is 2.48. The molecule has 2 heterocycles. The summed E-state index contributed by atoms with van der Waals surface area (Å²) in [5.41, 5.74) is 0. The highest BCUT2D eigenvalue weighted by atomic mass is 15.2. The fraction of sp³-hybridized carbons (Fsp3) is 0.438. The van der Waals surface area contributed by atoms with Crippen molar-refractivity contribution in [3.8, 4) is 0 Å². The lowest BCUT2D eigenvalue weighted by Crippen LogP contribution is -2.40. The Hall–Kier alpha value is -1.57. The van der Waals surface area contributed by atoms with E-state index in [1.54, 1.807) is 0 Å². The number of aryl methyl sites for hydroxylation is 1. The average molecular weight is 247 g/mol. The number of hydrogen-bond donors (Lipinski definition) is 0. The molecular weight excluding hydrogens is 220 g/mol. The zero-order chi connectivity index (χ0) is 14.0. The van der Waals surface area contributed by atoms with Gasteiger partial charge in [-0.25, -0.2) is 9.47 Å². The van der Waals surface area contributed by atoms with Gasteiger partial charge in [-0.2, -0.15) is 0 Å². The SMILES string of the molecule is CC.CC.C[C@H]1C=CC=CN1c1cccc[n+]1C. The lowest BCUT2D eigenvalue weighted by Gasteiger charge is -2.20. The number of anilines is 1. The fourth-order valence-electron chi connectivity index (χ4n) is 1.66. The van der Waals surface area contributed by atoms with Gasteiger partial charge in [0.25, 0.3) is 5.82 Å². The van der Waals surface area contributed by atoms with E-state index in [2.05, 4.69) is 66.2 Å². The maximum absolute atomic E-state index is 2.25. The Bertz CT molecular complexity index is 380. The molecule has 0 radical (unpaired) electrons. The first-order valence-corrected chi connectivity index (χ1v) is 6.87. The molecule has 1 aromatic rings. The molecule has 0 N–H and O–H groups in total. The van der Waals surface area contributed by atoms with E-state index < -0.39 is 0 Å². The van der Waals surface area contributed by atoms with E-state index in [4.69, 9.17) is 0 Å². The number of pyridine rings is 1. The van der Waals surface area contributed by atoms with E-state index in [0.717, 1.165) is 0 Å². The normalized spacial score (nSPS) is 16.3. The van der Waals surface area contributed by atoms with E-state index in [1.165, 1.54) is 5.82 Å². The van der Waals surface area contributed by atoms with Crippen LogP contribution in [0.25, 0.3) is 0 Å². The van der Waals surface area contributed by atoms with Crippen LogP contribution in [0.5, 0.6) is 0 Å². The van der Waals surface area contributed by atoms with Crippen molar-refractivity contribution in [3.63, 3.8) is 0 Å². The molecule has 18 heavy (non-hydrogen) atoms. The van der Waals surface area contributed by atoms with E-state index >= 15 is 0 Å². The molecule has 100 valence electrons. The molecular formula is C16H27N2+. The maximum atomic E-state index is 2.25. The zero-order valence-electron chi connectivity index (χ0n) is 12.6. The second-order valence-electron chi connectivity index (χ2n) is 3.54. The quantitative estimate of drug-likeness (QED) is 0.684. The third kappa shape index (κ3) is 4.36. The second-order valence-corrected chi connectivity index (χ2v) is 3.54. The van der Waals surface area contributed by atoms with Crippen molar-refractivity contribution in [1.29, 1.82) is 0 Å². The van der Waals surface area contributed by atoms with Crippen molar-refractivity contribution in [1.82, 2.24) is 0 Å². The second kappa shape index (κ2) is 9.46. The standard InChI is InChI=1S/C12H15N2.2C2H6/c1-11-7-3-6-10-14(11)12-8-4-5-9-13(12)2;2*1-2/h3-11H,1-2H3;2*1-2H3/q+1;;/t11-;;/m0../s1. The average Bonchev–Trinajstić information content (AvgIpc) is 2.45. The van der Waals surface area contributed by atoms with Gasteiger partial charge in [-0.3, -0.25) is 0 Å². The lowest BCUT2D eigenvalue weighted by molar-refractivity contribution is -0.658. The first kappa shape index (κ1) is 16.4. The van der Waals surface area contributed by atoms with Gasteiger partial charge in [0.15, 0.2) is 0 Å². The zero-order valence-corrected chi connectivity index (χ0v) is 12.6. The summed E-state index contributed by atoms with van der Waals surface area (Å²) in [7, 11) is 2.06. The molecule has 1 aliphatic rings. The highest BCUT2D eigenvalue weighted by Gasteiger charge is 2.20. The summed E-state index contributed by atoms with van der Waals surface area (Å²) in [6.45, 7) is 10.2. The first-order chi connectivity index (χ1) is 8.79. The largest absolute Gasteiger partial charge is 0.281 e. The monoisotopic (exact) mass is 247 g/mol. The van der Waals surface area contributed by atoms with Crippen LogP contribution < -0.4 is 9.47 Å². The summed E-state index contributed by atoms with van der Waals surface area (Å²) < 4.78 is 2.12. The Labute approximate surface area is 112 Å². The van der Waals surface area contributed by atoms with Crippen molar-refractivity contribution < 1.29 is 4.57 Å². The van der Waals surface area contributed by atoms with Crippen molar-refractivity contribution in [2.24, 2.45) is 7.05 Å². The topological polar surface area (TPSA) is 7.12 Å². The number of allylic oxidation sites excluding steroid dienone is 2. The molecule has 0 aliphatic carbocycles. The minimum Gasteiger partial charge on any atom is -0.237 e. The van der Waals surface area contributed by atoms with Crippen LogP contribution in [-0.4, -0.2) is 6.04 Å². The Morgan fingerprint density at radius 1 is 1.06 bits per heavy atom. The Balaban J connectivity index is 0.000000659. The molecule has 0 fully saturated rings. The van der Waals surface area contributed by atoms with Crippen LogP contribution in [0.2, 0.25) is 0 Å². The Kier molecular flexibility index (Phi) is 8.63. The van der Waals surface area contributed by atoms with Gasteiger partial charge in [-0.05, 0) is 25.1 Å². The number of aromatic nitrogens is 1. The van der Waals surface area contributed by atoms with Crippen LogP contribution in [0, 0.1) is 0 Å². The molecule has 0 saturated carbocycles. The molecule has 1 aromatic heterocycles. The molecule has 0 bridgehead atoms. The van der Waals surface area contributed by atoms with Gasteiger partial charge in [0, 0.05) is 6.07 Å². The Morgan fingerprint density at radius 2 is 1.72 bits per heavy atom. The van der Waals surface area contributed by atoms with E-state index in [1.807, 2.05) is 33.8 Å². The molecule has 1 aliphatic heterocycles. The summed E-state index contributed by atoms with van der Waals surface area (Å²) in [5, 5.41) is 0. The van der Waals surface area contributed by atoms with E-state index in [9.17, 15) is 0 Å². The Morgan fingerprint density at radius 3 is 2.28 bits per heavy atom. The molecule has 1 atom stereocenters. The molecule has 0 amide bonds. The molecule has 0 spiro atoms. The fourth-order valence-corrected chi connectivity index (χ4v) is 1.66. The van der Waals surface area contributed by atoms with Crippen LogP contribution in [0.15, 0.2) is 48.8 Å². The molecule has 2 nitrogen and oxygen atoms in total. The van der Waals surface area contributed by atoms with Gasteiger partial charge in [-0.15, -0.1) is 0 Å². The summed E-state index contributed by atoms with van der Waals surface area (Å²) in [4.78, 5) is 2.25. The third-order valence-corrected chi connectivity index (χ3v) is 2.48. The predicted molar refractivity (Wildman–Crippen MR) is 80.5 cm³/mol. The summed E-state index contributed by atoms with van der Waals surface area (Å²) in [6, 6.07) is 6.65. The van der Waals surface area contributed by atoms with Crippen molar-refractivity contribution in [2.45, 2.75) is 40.7 Å². The number of hydrogen-bond acceptors (Lipinski definition) is 1. The van der Waals surface area contributed by atoms with Crippen molar-refractivity contribution in [2.75, 3.05) is 4.90 Å². The van der Waals surface area contributed by atoms with Gasteiger partial charge in [0.05, 0.1) is 19.4 Å². The molecule has 2 heteroatoms. The maximum Gasteiger partial charge on any atom is 0.281 e. The van der Waals surface area contributed by atoms with Crippen LogP contribution >= 0.6 is 0 Å².